The summed E-state index contributed by atoms with van der Waals surface area (Å²) in [6.45, 7) is 3.29. The molecular formula is C27H26F3N7O. The number of halogens is 3. The van der Waals surface area contributed by atoms with Crippen LogP contribution in [0.2, 0.25) is 0 Å². The highest BCUT2D eigenvalue weighted by Gasteiger charge is 2.34. The van der Waals surface area contributed by atoms with E-state index in [1.54, 1.807) is 35.1 Å². The predicted octanol–water partition coefficient (Wildman–Crippen LogP) is 3.39. The van der Waals surface area contributed by atoms with E-state index < -0.39 is 18.0 Å². The molecule has 1 fully saturated rings. The topological polar surface area (TPSA) is 81.8 Å². The Hall–Kier alpha value is -3.98. The summed E-state index contributed by atoms with van der Waals surface area (Å²) in [4.78, 5) is 12.5. The average molecular weight is 522 g/mol. The van der Waals surface area contributed by atoms with Crippen LogP contribution in [0.1, 0.15) is 34.3 Å². The second-order valence-corrected chi connectivity index (χ2v) is 9.20. The Labute approximate surface area is 217 Å². The fourth-order valence-corrected chi connectivity index (χ4v) is 4.29. The average Bonchev–Trinajstić information content (AvgIpc) is 3.32. The molecule has 1 aliphatic heterocycles. The van der Waals surface area contributed by atoms with E-state index >= 15 is 0 Å². The zero-order valence-corrected chi connectivity index (χ0v) is 20.7. The summed E-state index contributed by atoms with van der Waals surface area (Å²) >= 11 is 0. The van der Waals surface area contributed by atoms with Gasteiger partial charge in [-0.05, 0) is 48.9 Å². The number of nitrogens with zero attached hydrogens (tertiary/aromatic N) is 6. The van der Waals surface area contributed by atoms with Gasteiger partial charge in [0.15, 0.2) is 6.23 Å². The molecule has 11 heteroatoms. The van der Waals surface area contributed by atoms with Crippen molar-refractivity contribution in [3.8, 4) is 11.8 Å². The molecule has 1 aliphatic rings. The highest BCUT2D eigenvalue weighted by atomic mass is 19.4. The van der Waals surface area contributed by atoms with Crippen molar-refractivity contribution in [3.63, 3.8) is 0 Å². The fourth-order valence-electron chi connectivity index (χ4n) is 4.29. The predicted molar refractivity (Wildman–Crippen MR) is 136 cm³/mol. The van der Waals surface area contributed by atoms with E-state index in [0.717, 1.165) is 24.7 Å². The van der Waals surface area contributed by atoms with E-state index in [1.807, 2.05) is 18.0 Å². The summed E-state index contributed by atoms with van der Waals surface area (Å²) < 4.78 is 43.3. The van der Waals surface area contributed by atoms with Crippen molar-refractivity contribution in [1.29, 1.82) is 0 Å². The molecule has 0 amide bonds. The number of hydrogen-bond donors (Lipinski definition) is 2. The highest BCUT2D eigenvalue weighted by molar-refractivity contribution is 5.52. The Bertz CT molecular complexity index is 1480. The lowest BCUT2D eigenvalue weighted by Gasteiger charge is -2.33. The first-order valence-corrected chi connectivity index (χ1v) is 12.1. The Kier molecular flexibility index (Phi) is 7.28. The Morgan fingerprint density at radius 2 is 1.87 bits per heavy atom. The lowest BCUT2D eigenvalue weighted by Crippen LogP contribution is -2.44. The molecule has 0 radical (unpaired) electrons. The summed E-state index contributed by atoms with van der Waals surface area (Å²) in [5.41, 5.74) is 1.32. The van der Waals surface area contributed by atoms with Gasteiger partial charge >= 0.3 is 6.18 Å². The van der Waals surface area contributed by atoms with Gasteiger partial charge in [-0.1, -0.05) is 12.0 Å². The van der Waals surface area contributed by atoms with Gasteiger partial charge in [-0.3, -0.25) is 9.88 Å². The molecule has 1 atom stereocenters. The van der Waals surface area contributed by atoms with Gasteiger partial charge < -0.3 is 15.3 Å². The van der Waals surface area contributed by atoms with Crippen LogP contribution < -0.4 is 5.32 Å². The second kappa shape index (κ2) is 10.8. The maximum atomic E-state index is 13.9. The second-order valence-electron chi connectivity index (χ2n) is 9.20. The number of aliphatic hydroxyl groups excluding tert-OH is 1. The van der Waals surface area contributed by atoms with Crippen molar-refractivity contribution in [1.82, 2.24) is 29.4 Å². The lowest BCUT2D eigenvalue weighted by atomic mass is 10.0. The molecule has 4 heterocycles. The van der Waals surface area contributed by atoms with Crippen LogP contribution in [-0.2, 0) is 12.7 Å². The maximum absolute atomic E-state index is 13.9. The number of pyridine rings is 1. The van der Waals surface area contributed by atoms with Crippen molar-refractivity contribution in [2.24, 2.45) is 0 Å². The van der Waals surface area contributed by atoms with Crippen LogP contribution in [0.5, 0.6) is 0 Å². The quantitative estimate of drug-likeness (QED) is 0.308. The minimum Gasteiger partial charge on any atom is -0.369 e. The van der Waals surface area contributed by atoms with Gasteiger partial charge in [-0.25, -0.2) is 9.50 Å². The molecule has 5 rings (SSSR count). The molecule has 0 bridgehead atoms. The van der Waals surface area contributed by atoms with Gasteiger partial charge in [-0.2, -0.15) is 18.3 Å². The number of aromatic nitrogens is 4. The van der Waals surface area contributed by atoms with Gasteiger partial charge in [-0.15, -0.1) is 0 Å². The summed E-state index contributed by atoms with van der Waals surface area (Å²) in [7, 11) is 2.00. The molecule has 0 aliphatic carbocycles. The first-order valence-electron chi connectivity index (χ1n) is 12.1. The number of piperazine rings is 1. The third-order valence-corrected chi connectivity index (χ3v) is 6.40. The number of nitrogens with one attached hydrogen (secondary N) is 1. The maximum Gasteiger partial charge on any atom is 0.416 e. The number of aliphatic hydroxyl groups is 1. The SMILES string of the molecule is CN1CCN(Cc2ccc(NC(O)c3cncc(C#Cc4ncc5cccnn45)c3)cc2C(F)(F)F)CC1. The van der Waals surface area contributed by atoms with Crippen LogP contribution in [0.3, 0.4) is 0 Å². The molecule has 4 aromatic rings. The zero-order valence-electron chi connectivity index (χ0n) is 20.7. The first kappa shape index (κ1) is 25.7. The number of rotatable bonds is 5. The summed E-state index contributed by atoms with van der Waals surface area (Å²) in [5.74, 6) is 6.32. The van der Waals surface area contributed by atoms with E-state index in [-0.39, 0.29) is 17.8 Å². The Balaban J connectivity index is 1.32. The first-order chi connectivity index (χ1) is 18.3. The van der Waals surface area contributed by atoms with Crippen molar-refractivity contribution in [2.45, 2.75) is 18.9 Å². The van der Waals surface area contributed by atoms with Gasteiger partial charge in [0.2, 0.25) is 5.82 Å². The number of anilines is 1. The van der Waals surface area contributed by atoms with Crippen molar-refractivity contribution >= 4 is 11.2 Å². The third kappa shape index (κ3) is 5.94. The molecule has 196 valence electrons. The summed E-state index contributed by atoms with van der Waals surface area (Å²) in [5, 5.41) is 17.7. The molecule has 1 aromatic carbocycles. The lowest BCUT2D eigenvalue weighted by molar-refractivity contribution is -0.138. The monoisotopic (exact) mass is 521 g/mol. The molecule has 38 heavy (non-hydrogen) atoms. The van der Waals surface area contributed by atoms with Crippen LogP contribution in [0.15, 0.2) is 61.2 Å². The number of alkyl halides is 3. The molecule has 2 N–H and O–H groups in total. The van der Waals surface area contributed by atoms with Gasteiger partial charge in [0.25, 0.3) is 0 Å². The zero-order chi connectivity index (χ0) is 26.7. The van der Waals surface area contributed by atoms with Crippen LogP contribution >= 0.6 is 0 Å². The molecule has 1 unspecified atom stereocenters. The van der Waals surface area contributed by atoms with Crippen LogP contribution in [0.25, 0.3) is 5.52 Å². The smallest absolute Gasteiger partial charge is 0.369 e. The van der Waals surface area contributed by atoms with E-state index in [4.69, 9.17) is 0 Å². The van der Waals surface area contributed by atoms with Crippen LogP contribution in [0, 0.1) is 11.8 Å². The molecule has 8 nitrogen and oxygen atoms in total. The van der Waals surface area contributed by atoms with Crippen LogP contribution in [-0.4, -0.2) is 67.7 Å². The minimum absolute atomic E-state index is 0.151. The highest BCUT2D eigenvalue weighted by Crippen LogP contribution is 2.35. The normalized spacial score (nSPS) is 15.7. The Morgan fingerprint density at radius 3 is 2.66 bits per heavy atom. The Morgan fingerprint density at radius 1 is 1.05 bits per heavy atom. The van der Waals surface area contributed by atoms with E-state index in [0.29, 0.717) is 30.0 Å². The minimum atomic E-state index is -4.52. The van der Waals surface area contributed by atoms with E-state index in [2.05, 4.69) is 37.1 Å². The molecule has 0 saturated carbocycles. The number of likely N-dealkylation sites (N-methyl/N-ethyl adjacent to an activating group) is 1. The van der Waals surface area contributed by atoms with Crippen molar-refractivity contribution in [2.75, 3.05) is 38.5 Å². The van der Waals surface area contributed by atoms with Crippen LogP contribution in [0.4, 0.5) is 18.9 Å². The van der Waals surface area contributed by atoms with Gasteiger partial charge in [0.05, 0.1) is 17.3 Å². The molecule has 1 saturated heterocycles. The molecular weight excluding hydrogens is 495 g/mol. The summed E-state index contributed by atoms with van der Waals surface area (Å²) in [6.07, 6.45) is 0.442. The standard InChI is InChI=1S/C27H26F3N7O/c1-35-9-11-36(12-10-35)18-20-5-6-22(14-24(20)27(28,29)30)34-26(38)21-13-19(15-31-16-21)4-7-25-32-17-23-3-2-8-33-37(23)25/h2-3,5-6,8,13-17,26,34,38H,9-12,18H2,1H3. The van der Waals surface area contributed by atoms with E-state index in [1.165, 1.54) is 18.5 Å². The van der Waals surface area contributed by atoms with Crippen molar-refractivity contribution < 1.29 is 18.3 Å². The number of hydrogen-bond acceptors (Lipinski definition) is 7. The molecule has 3 aromatic heterocycles. The van der Waals surface area contributed by atoms with Gasteiger partial charge in [0, 0.05) is 68.1 Å². The van der Waals surface area contributed by atoms with Gasteiger partial charge in [0.1, 0.15) is 0 Å². The number of benzene rings is 1. The third-order valence-electron chi connectivity index (χ3n) is 6.40. The number of imidazole rings is 1. The van der Waals surface area contributed by atoms with E-state index in [9.17, 15) is 18.3 Å². The summed E-state index contributed by atoms with van der Waals surface area (Å²) in [6, 6.07) is 9.35. The molecule has 0 spiro atoms. The fraction of sp³-hybridized carbons (Fsp3) is 0.296. The van der Waals surface area contributed by atoms with Crippen molar-refractivity contribution in [3.05, 3.63) is 89.3 Å². The number of fused-ring (bicyclic) bond motifs is 1. The largest absolute Gasteiger partial charge is 0.416 e.